The van der Waals surface area contributed by atoms with Gasteiger partial charge in [0.2, 0.25) is 11.7 Å². The van der Waals surface area contributed by atoms with Crippen LogP contribution in [0.1, 0.15) is 41.9 Å². The summed E-state index contributed by atoms with van der Waals surface area (Å²) in [6, 6.07) is 7.07. The molecule has 1 unspecified atom stereocenters. The van der Waals surface area contributed by atoms with Crippen LogP contribution in [0.15, 0.2) is 24.3 Å². The molecule has 2 atom stereocenters. The highest BCUT2D eigenvalue weighted by Gasteiger charge is 2.29. The average molecular weight is 361 g/mol. The van der Waals surface area contributed by atoms with Crippen molar-refractivity contribution < 1.29 is 14.3 Å². The maximum atomic E-state index is 12.9. The third-order valence-corrected chi connectivity index (χ3v) is 5.36. The second-order valence-corrected chi connectivity index (χ2v) is 7.23. The number of aromatic nitrogens is 1. The van der Waals surface area contributed by atoms with Crippen molar-refractivity contribution in [2.75, 3.05) is 13.2 Å². The van der Waals surface area contributed by atoms with Crippen molar-refractivity contribution in [1.29, 1.82) is 0 Å². The van der Waals surface area contributed by atoms with Gasteiger partial charge in [0.1, 0.15) is 6.10 Å². The van der Waals surface area contributed by atoms with E-state index in [1.807, 2.05) is 24.3 Å². The van der Waals surface area contributed by atoms with E-state index in [1.165, 1.54) is 11.3 Å². The minimum absolute atomic E-state index is 0.135. The standard InChI is InChI=1S/C18H23N3O3S/c19-10-4-3-7-13(20-17(23)14-8-5-11-24-14)16(22)18-21-12-6-1-2-9-15(12)25-18/h1-2,6,9,13-14H,3-5,7-8,10-11,19H2,(H,20,23)/t13-,14?/m1/s1. The van der Waals surface area contributed by atoms with Gasteiger partial charge >= 0.3 is 0 Å². The van der Waals surface area contributed by atoms with Gasteiger partial charge in [-0.25, -0.2) is 4.98 Å². The van der Waals surface area contributed by atoms with E-state index >= 15 is 0 Å². The number of fused-ring (bicyclic) bond motifs is 1. The summed E-state index contributed by atoms with van der Waals surface area (Å²) in [5, 5.41) is 3.31. The zero-order chi connectivity index (χ0) is 17.6. The van der Waals surface area contributed by atoms with Crippen LogP contribution >= 0.6 is 11.3 Å². The molecule has 2 aromatic rings. The van der Waals surface area contributed by atoms with Gasteiger partial charge in [-0.1, -0.05) is 12.1 Å². The highest BCUT2D eigenvalue weighted by atomic mass is 32.1. The van der Waals surface area contributed by atoms with Gasteiger partial charge in [-0.05, 0) is 50.8 Å². The molecule has 7 heteroatoms. The molecule has 134 valence electrons. The van der Waals surface area contributed by atoms with Crippen molar-refractivity contribution in [3.8, 4) is 0 Å². The van der Waals surface area contributed by atoms with E-state index in [1.54, 1.807) is 0 Å². The summed E-state index contributed by atoms with van der Waals surface area (Å²) in [5.74, 6) is -0.339. The van der Waals surface area contributed by atoms with E-state index < -0.39 is 12.1 Å². The molecule has 3 rings (SSSR count). The van der Waals surface area contributed by atoms with Crippen LogP contribution in [0.25, 0.3) is 10.2 Å². The lowest BCUT2D eigenvalue weighted by Gasteiger charge is -2.18. The number of nitrogens with zero attached hydrogens (tertiary/aromatic N) is 1. The van der Waals surface area contributed by atoms with E-state index in [0.717, 1.165) is 29.5 Å². The minimum Gasteiger partial charge on any atom is -0.368 e. The lowest BCUT2D eigenvalue weighted by atomic mass is 10.0. The molecule has 1 aliphatic rings. The zero-order valence-electron chi connectivity index (χ0n) is 14.1. The maximum Gasteiger partial charge on any atom is 0.249 e. The Bertz CT molecular complexity index is 707. The molecule has 1 aromatic carbocycles. The largest absolute Gasteiger partial charge is 0.368 e. The summed E-state index contributed by atoms with van der Waals surface area (Å²) >= 11 is 1.36. The molecule has 2 heterocycles. The molecule has 1 aliphatic heterocycles. The van der Waals surface area contributed by atoms with E-state index in [4.69, 9.17) is 10.5 Å². The number of ketones is 1. The fourth-order valence-electron chi connectivity index (χ4n) is 2.94. The van der Waals surface area contributed by atoms with Crippen molar-refractivity contribution in [1.82, 2.24) is 10.3 Å². The number of hydrogen-bond donors (Lipinski definition) is 2. The Morgan fingerprint density at radius 2 is 2.20 bits per heavy atom. The van der Waals surface area contributed by atoms with Crippen molar-refractivity contribution in [3.63, 3.8) is 0 Å². The lowest BCUT2D eigenvalue weighted by molar-refractivity contribution is -0.130. The van der Waals surface area contributed by atoms with Crippen molar-refractivity contribution in [2.45, 2.75) is 44.2 Å². The molecule has 1 saturated heterocycles. The topological polar surface area (TPSA) is 94.3 Å². The Kier molecular flexibility index (Phi) is 6.12. The minimum atomic E-state index is -0.580. The normalized spacial score (nSPS) is 18.4. The number of ether oxygens (including phenoxy) is 1. The predicted molar refractivity (Wildman–Crippen MR) is 97.8 cm³/mol. The molecular weight excluding hydrogens is 338 g/mol. The molecule has 0 aliphatic carbocycles. The maximum absolute atomic E-state index is 12.9. The van der Waals surface area contributed by atoms with Crippen LogP contribution in [-0.2, 0) is 9.53 Å². The molecule has 0 saturated carbocycles. The summed E-state index contributed by atoms with van der Waals surface area (Å²) < 4.78 is 6.39. The number of nitrogens with two attached hydrogens (primary N) is 1. The van der Waals surface area contributed by atoms with Crippen LogP contribution in [0.5, 0.6) is 0 Å². The molecule has 1 aromatic heterocycles. The molecule has 1 amide bonds. The third-order valence-electron chi connectivity index (χ3n) is 4.31. The predicted octanol–water partition coefficient (Wildman–Crippen LogP) is 2.27. The summed E-state index contributed by atoms with van der Waals surface area (Å²) in [6.07, 6.45) is 3.30. The van der Waals surface area contributed by atoms with Crippen molar-refractivity contribution >= 4 is 33.2 Å². The molecule has 0 radical (unpaired) electrons. The Morgan fingerprint density at radius 3 is 2.92 bits per heavy atom. The van der Waals surface area contributed by atoms with Crippen LogP contribution in [0, 0.1) is 0 Å². The number of carbonyl (C=O) groups is 2. The molecular formula is C18H23N3O3S. The van der Waals surface area contributed by atoms with Crippen LogP contribution in [0.3, 0.4) is 0 Å². The first kappa shape index (κ1) is 18.0. The van der Waals surface area contributed by atoms with Gasteiger partial charge in [-0.2, -0.15) is 0 Å². The second kappa shape index (κ2) is 8.51. The number of carbonyl (C=O) groups excluding carboxylic acids is 2. The third kappa shape index (κ3) is 4.42. The number of rotatable bonds is 8. The highest BCUT2D eigenvalue weighted by Crippen LogP contribution is 2.23. The number of benzene rings is 1. The quantitative estimate of drug-likeness (QED) is 0.556. The fraction of sp³-hybridized carbons (Fsp3) is 0.500. The van der Waals surface area contributed by atoms with Gasteiger partial charge in [-0.3, -0.25) is 9.59 Å². The number of amides is 1. The van der Waals surface area contributed by atoms with Crippen molar-refractivity contribution in [3.05, 3.63) is 29.3 Å². The number of unbranched alkanes of at least 4 members (excludes halogenated alkanes) is 1. The van der Waals surface area contributed by atoms with Crippen LogP contribution in [-0.4, -0.2) is 42.0 Å². The Morgan fingerprint density at radius 1 is 1.36 bits per heavy atom. The first-order chi connectivity index (χ1) is 12.2. The van der Waals surface area contributed by atoms with E-state index in [0.29, 0.717) is 31.0 Å². The number of hydrogen-bond acceptors (Lipinski definition) is 6. The second-order valence-electron chi connectivity index (χ2n) is 6.20. The van der Waals surface area contributed by atoms with Gasteiger partial charge in [0, 0.05) is 6.61 Å². The lowest BCUT2D eigenvalue weighted by Crippen LogP contribution is -2.45. The summed E-state index contributed by atoms with van der Waals surface area (Å²) in [4.78, 5) is 29.7. The average Bonchev–Trinajstić information content (AvgIpc) is 3.29. The Labute approximate surface area is 150 Å². The van der Waals surface area contributed by atoms with E-state index in [9.17, 15) is 9.59 Å². The van der Waals surface area contributed by atoms with Gasteiger partial charge in [0.25, 0.3) is 0 Å². The molecule has 1 fully saturated rings. The van der Waals surface area contributed by atoms with Crippen LogP contribution < -0.4 is 11.1 Å². The van der Waals surface area contributed by atoms with E-state index in [2.05, 4.69) is 10.3 Å². The van der Waals surface area contributed by atoms with Gasteiger partial charge in [-0.15, -0.1) is 11.3 Å². The SMILES string of the molecule is NCCCC[C@@H](NC(=O)C1CCCO1)C(=O)c1nc2ccccc2s1. The molecule has 3 N–H and O–H groups in total. The molecule has 6 nitrogen and oxygen atoms in total. The van der Waals surface area contributed by atoms with Gasteiger partial charge < -0.3 is 15.8 Å². The van der Waals surface area contributed by atoms with Gasteiger partial charge in [0.05, 0.1) is 16.3 Å². The molecule has 0 bridgehead atoms. The monoisotopic (exact) mass is 361 g/mol. The number of thiazole rings is 1. The number of para-hydroxylation sites is 1. The first-order valence-electron chi connectivity index (χ1n) is 8.71. The van der Waals surface area contributed by atoms with Crippen LogP contribution in [0.4, 0.5) is 0 Å². The molecule has 25 heavy (non-hydrogen) atoms. The van der Waals surface area contributed by atoms with Crippen LogP contribution in [0.2, 0.25) is 0 Å². The van der Waals surface area contributed by atoms with Gasteiger partial charge in [0.15, 0.2) is 5.01 Å². The Balaban J connectivity index is 1.74. The summed E-state index contributed by atoms with van der Waals surface area (Å²) in [5.41, 5.74) is 6.36. The molecule has 0 spiro atoms. The Hall–Kier alpha value is -1.83. The van der Waals surface area contributed by atoms with E-state index in [-0.39, 0.29) is 11.7 Å². The first-order valence-corrected chi connectivity index (χ1v) is 9.52. The zero-order valence-corrected chi connectivity index (χ0v) is 14.9. The highest BCUT2D eigenvalue weighted by molar-refractivity contribution is 7.20. The fourth-order valence-corrected chi connectivity index (χ4v) is 3.90. The number of Topliss-reactive ketones (excluding diaryl/α,β-unsaturated/α-hetero) is 1. The summed E-state index contributed by atoms with van der Waals surface area (Å²) in [7, 11) is 0. The van der Waals surface area contributed by atoms with Crippen molar-refractivity contribution in [2.24, 2.45) is 5.73 Å². The summed E-state index contributed by atoms with van der Waals surface area (Å²) in [6.45, 7) is 1.17. The number of nitrogens with one attached hydrogen (secondary N) is 1. The smallest absolute Gasteiger partial charge is 0.249 e.